The largest absolute Gasteiger partial charge is 0.468 e. The molecule has 0 saturated heterocycles. The van der Waals surface area contributed by atoms with Crippen LogP contribution in [0.3, 0.4) is 0 Å². The molecule has 0 N–H and O–H groups in total. The highest BCUT2D eigenvalue weighted by Crippen LogP contribution is 2.55. The van der Waals surface area contributed by atoms with Crippen LogP contribution in [0.25, 0.3) is 0 Å². The first kappa shape index (κ1) is 17.1. The van der Waals surface area contributed by atoms with Crippen LogP contribution < -0.4 is 0 Å². The van der Waals surface area contributed by atoms with Crippen molar-refractivity contribution in [2.75, 3.05) is 14.2 Å². The number of ketones is 1. The van der Waals surface area contributed by atoms with Gasteiger partial charge in [-0.05, 0) is 25.7 Å². The molecule has 0 spiro atoms. The molecule has 0 aliphatic heterocycles. The van der Waals surface area contributed by atoms with E-state index in [1.807, 2.05) is 37.3 Å². The highest BCUT2D eigenvalue weighted by Gasteiger charge is 2.63. The predicted molar refractivity (Wildman–Crippen MR) is 87.1 cm³/mol. The number of esters is 1. The lowest BCUT2D eigenvalue weighted by atomic mass is 9.54. The first-order chi connectivity index (χ1) is 11.5. The van der Waals surface area contributed by atoms with Gasteiger partial charge in [0.05, 0.1) is 12.7 Å². The number of Topliss-reactive ketones (excluding diaryl/α,β-unsaturated/α-hetero) is 1. The maximum atomic E-state index is 12.9. The number of benzene rings is 1. The van der Waals surface area contributed by atoms with Crippen LogP contribution in [0.5, 0.6) is 0 Å². The molecule has 1 aromatic rings. The molecule has 2 unspecified atom stereocenters. The summed E-state index contributed by atoms with van der Waals surface area (Å²) >= 11 is 0. The fraction of sp³-hybridized carbons (Fsp3) is 0.579. The molecule has 24 heavy (non-hydrogen) atoms. The van der Waals surface area contributed by atoms with Gasteiger partial charge in [0.25, 0.3) is 0 Å². The van der Waals surface area contributed by atoms with Crippen molar-refractivity contribution in [3.8, 4) is 0 Å². The lowest BCUT2D eigenvalue weighted by molar-refractivity contribution is -0.251. The molecule has 5 nitrogen and oxygen atoms in total. The van der Waals surface area contributed by atoms with Gasteiger partial charge < -0.3 is 14.2 Å². The fourth-order valence-corrected chi connectivity index (χ4v) is 4.05. The Bertz CT molecular complexity index is 616. The summed E-state index contributed by atoms with van der Waals surface area (Å²) in [7, 11) is 2.89. The summed E-state index contributed by atoms with van der Waals surface area (Å²) in [4.78, 5) is 25.3. The van der Waals surface area contributed by atoms with E-state index in [4.69, 9.17) is 14.2 Å². The van der Waals surface area contributed by atoms with E-state index in [-0.39, 0.29) is 5.78 Å². The number of carbonyl (C=O) groups is 2. The van der Waals surface area contributed by atoms with E-state index in [2.05, 4.69) is 0 Å². The third kappa shape index (κ3) is 2.66. The van der Waals surface area contributed by atoms with Gasteiger partial charge in [0.15, 0.2) is 12.1 Å². The maximum Gasteiger partial charge on any atom is 0.319 e. The second kappa shape index (κ2) is 6.30. The molecular formula is C19H24O5. The van der Waals surface area contributed by atoms with Gasteiger partial charge in [-0.25, -0.2) is 0 Å². The molecule has 0 aromatic heterocycles. The van der Waals surface area contributed by atoms with Crippen molar-refractivity contribution >= 4 is 11.8 Å². The highest BCUT2D eigenvalue weighted by molar-refractivity contribution is 6.04. The van der Waals surface area contributed by atoms with E-state index in [0.29, 0.717) is 12.8 Å². The van der Waals surface area contributed by atoms with E-state index in [1.54, 1.807) is 7.11 Å². The van der Waals surface area contributed by atoms with E-state index >= 15 is 0 Å². The molecule has 130 valence electrons. The van der Waals surface area contributed by atoms with E-state index in [0.717, 1.165) is 18.4 Å². The SMILES string of the molecule is COC(=O)C1C(=O)C2(C)CCC1(OC(OC)c1ccccc1)CC2. The van der Waals surface area contributed by atoms with Crippen LogP contribution in [-0.4, -0.2) is 31.6 Å². The maximum absolute atomic E-state index is 12.9. The molecule has 4 rings (SSSR count). The second-order valence-electron chi connectivity index (χ2n) is 7.04. The van der Waals surface area contributed by atoms with Crippen LogP contribution in [0, 0.1) is 11.3 Å². The molecule has 0 radical (unpaired) electrons. The zero-order valence-corrected chi connectivity index (χ0v) is 14.4. The summed E-state index contributed by atoms with van der Waals surface area (Å²) in [5.41, 5.74) is -0.429. The average molecular weight is 332 g/mol. The third-order valence-electron chi connectivity index (χ3n) is 5.65. The number of hydrogen-bond acceptors (Lipinski definition) is 5. The summed E-state index contributed by atoms with van der Waals surface area (Å²) in [6, 6.07) is 9.56. The molecule has 2 atom stereocenters. The number of ether oxygens (including phenoxy) is 3. The van der Waals surface area contributed by atoms with Gasteiger partial charge in [0.2, 0.25) is 0 Å². The van der Waals surface area contributed by atoms with E-state index in [1.165, 1.54) is 7.11 Å². The van der Waals surface area contributed by atoms with Crippen LogP contribution in [0.1, 0.15) is 44.5 Å². The van der Waals surface area contributed by atoms with Crippen LogP contribution in [-0.2, 0) is 23.8 Å². The van der Waals surface area contributed by atoms with Crippen LogP contribution >= 0.6 is 0 Å². The smallest absolute Gasteiger partial charge is 0.319 e. The first-order valence-electron chi connectivity index (χ1n) is 8.33. The van der Waals surface area contributed by atoms with Crippen LogP contribution in [0.2, 0.25) is 0 Å². The Labute approximate surface area is 142 Å². The third-order valence-corrected chi connectivity index (χ3v) is 5.65. The standard InChI is InChI=1S/C19H24O5/c1-18-9-11-19(12-10-18,14(15(18)20)16(21)22-2)24-17(23-3)13-7-5-4-6-8-13/h4-8,14,17H,9-12H2,1-3H3. The summed E-state index contributed by atoms with van der Waals surface area (Å²) < 4.78 is 16.8. The Morgan fingerprint density at radius 2 is 1.75 bits per heavy atom. The number of carbonyl (C=O) groups excluding carboxylic acids is 2. The lowest BCUT2D eigenvalue weighted by Crippen LogP contribution is -2.62. The molecule has 3 aliphatic rings. The summed E-state index contributed by atoms with van der Waals surface area (Å²) in [5.74, 6) is -1.44. The van der Waals surface area contributed by atoms with Crippen molar-refractivity contribution in [2.45, 2.75) is 44.5 Å². The van der Waals surface area contributed by atoms with Crippen LogP contribution in [0.15, 0.2) is 30.3 Å². The summed E-state index contributed by atoms with van der Waals surface area (Å²) in [5, 5.41) is 0. The van der Waals surface area contributed by atoms with Crippen molar-refractivity contribution in [3.63, 3.8) is 0 Å². The zero-order valence-electron chi connectivity index (χ0n) is 14.4. The molecule has 5 heteroatoms. The summed E-state index contributed by atoms with van der Waals surface area (Å²) in [6.07, 6.45) is 2.15. The fourth-order valence-electron chi connectivity index (χ4n) is 4.05. The molecular weight excluding hydrogens is 308 g/mol. The van der Waals surface area contributed by atoms with Gasteiger partial charge >= 0.3 is 5.97 Å². The van der Waals surface area contributed by atoms with Crippen molar-refractivity contribution in [3.05, 3.63) is 35.9 Å². The Kier molecular flexibility index (Phi) is 4.49. The van der Waals surface area contributed by atoms with Gasteiger partial charge in [-0.2, -0.15) is 0 Å². The van der Waals surface area contributed by atoms with Gasteiger partial charge in [-0.1, -0.05) is 37.3 Å². The number of hydrogen-bond donors (Lipinski definition) is 0. The van der Waals surface area contributed by atoms with E-state index < -0.39 is 29.2 Å². The highest BCUT2D eigenvalue weighted by atomic mass is 16.7. The molecule has 3 fully saturated rings. The summed E-state index contributed by atoms with van der Waals surface area (Å²) in [6.45, 7) is 1.94. The minimum Gasteiger partial charge on any atom is -0.468 e. The first-order valence-corrected chi connectivity index (χ1v) is 8.33. The number of rotatable bonds is 5. The Morgan fingerprint density at radius 1 is 1.12 bits per heavy atom. The monoisotopic (exact) mass is 332 g/mol. The molecule has 2 bridgehead atoms. The van der Waals surface area contributed by atoms with Gasteiger partial charge in [-0.15, -0.1) is 0 Å². The molecule has 0 amide bonds. The average Bonchev–Trinajstić information content (AvgIpc) is 2.62. The van der Waals surface area contributed by atoms with Crippen molar-refractivity contribution in [2.24, 2.45) is 11.3 Å². The van der Waals surface area contributed by atoms with Crippen molar-refractivity contribution in [1.82, 2.24) is 0 Å². The topological polar surface area (TPSA) is 61.8 Å². The van der Waals surface area contributed by atoms with E-state index in [9.17, 15) is 9.59 Å². The van der Waals surface area contributed by atoms with Gasteiger partial charge in [0, 0.05) is 18.1 Å². The van der Waals surface area contributed by atoms with Gasteiger partial charge in [0.1, 0.15) is 5.92 Å². The quantitative estimate of drug-likeness (QED) is 0.471. The minimum atomic E-state index is -0.878. The lowest BCUT2D eigenvalue weighted by Gasteiger charge is -2.54. The van der Waals surface area contributed by atoms with Gasteiger partial charge in [-0.3, -0.25) is 9.59 Å². The molecule has 3 aliphatic carbocycles. The molecule has 3 saturated carbocycles. The Morgan fingerprint density at radius 3 is 2.29 bits per heavy atom. The zero-order chi connectivity index (χ0) is 17.4. The molecule has 0 heterocycles. The van der Waals surface area contributed by atoms with Crippen LogP contribution in [0.4, 0.5) is 0 Å². The minimum absolute atomic E-state index is 0.0604. The normalized spacial score (nSPS) is 33.3. The molecule has 1 aromatic carbocycles. The van der Waals surface area contributed by atoms with Crippen molar-refractivity contribution < 1.29 is 23.8 Å². The predicted octanol–water partition coefficient (Wildman–Crippen LogP) is 3.04. The second-order valence-corrected chi connectivity index (χ2v) is 7.04. The number of methoxy groups -OCH3 is 2. The van der Waals surface area contributed by atoms with Crippen molar-refractivity contribution in [1.29, 1.82) is 0 Å². The number of fused-ring (bicyclic) bond motifs is 3. The Hall–Kier alpha value is -1.72. The Balaban J connectivity index is 1.94.